The minimum Gasteiger partial charge on any atom is -0.497 e. The molecule has 2 rings (SSSR count). The molecular formula is C17H22FNO5. The molecule has 1 N–H and O–H groups in total. The van der Waals surface area contributed by atoms with Gasteiger partial charge in [-0.3, -0.25) is 4.79 Å². The lowest BCUT2D eigenvalue weighted by Gasteiger charge is -2.18. The Hall–Kier alpha value is -2.31. The van der Waals surface area contributed by atoms with Gasteiger partial charge in [0.05, 0.1) is 20.8 Å². The Morgan fingerprint density at radius 3 is 2.67 bits per heavy atom. The molecule has 1 heterocycles. The number of ether oxygens (including phenoxy) is 2. The van der Waals surface area contributed by atoms with E-state index in [1.807, 2.05) is 12.1 Å². The van der Waals surface area contributed by atoms with Crippen molar-refractivity contribution in [2.45, 2.75) is 31.4 Å². The predicted octanol–water partition coefficient (Wildman–Crippen LogP) is 2.05. The molecular weight excluding hydrogens is 317 g/mol. The quantitative estimate of drug-likeness (QED) is 0.823. The van der Waals surface area contributed by atoms with Gasteiger partial charge in [0.1, 0.15) is 11.5 Å². The van der Waals surface area contributed by atoms with Crippen molar-refractivity contribution in [1.29, 1.82) is 0 Å². The number of carbonyl (C=O) groups is 2. The first-order chi connectivity index (χ1) is 11.4. The fraction of sp³-hybridized carbons (Fsp3) is 0.529. The molecule has 1 fully saturated rings. The van der Waals surface area contributed by atoms with Crippen LogP contribution in [0.1, 0.15) is 24.8 Å². The minimum atomic E-state index is -2.31. The van der Waals surface area contributed by atoms with Crippen molar-refractivity contribution in [3.05, 3.63) is 23.8 Å². The molecule has 1 aliphatic rings. The zero-order valence-corrected chi connectivity index (χ0v) is 13.9. The number of benzene rings is 1. The third kappa shape index (κ3) is 3.96. The van der Waals surface area contributed by atoms with E-state index < -0.39 is 11.6 Å². The van der Waals surface area contributed by atoms with Crippen LogP contribution in [-0.2, 0) is 16.0 Å². The van der Waals surface area contributed by atoms with E-state index in [1.165, 1.54) is 4.90 Å². The van der Waals surface area contributed by atoms with Crippen LogP contribution in [0.25, 0.3) is 0 Å². The Kier molecular flexibility index (Phi) is 5.64. The maximum atomic E-state index is 14.0. The van der Waals surface area contributed by atoms with Crippen molar-refractivity contribution >= 4 is 11.9 Å². The summed E-state index contributed by atoms with van der Waals surface area (Å²) in [5.41, 5.74) is -1.35. The van der Waals surface area contributed by atoms with Gasteiger partial charge in [-0.25, -0.2) is 9.18 Å². The molecule has 0 spiro atoms. The van der Waals surface area contributed by atoms with Crippen LogP contribution < -0.4 is 9.47 Å². The number of carboxylic acid groups (broad SMARTS) is 1. The highest BCUT2D eigenvalue weighted by molar-refractivity contribution is 5.82. The highest BCUT2D eigenvalue weighted by atomic mass is 19.1. The lowest BCUT2D eigenvalue weighted by Crippen LogP contribution is -2.38. The molecule has 1 aliphatic heterocycles. The molecule has 0 radical (unpaired) electrons. The van der Waals surface area contributed by atoms with Crippen LogP contribution in [-0.4, -0.2) is 54.9 Å². The number of methoxy groups -OCH3 is 2. The summed E-state index contributed by atoms with van der Waals surface area (Å²) >= 11 is 0. The fourth-order valence-corrected chi connectivity index (χ4v) is 2.81. The Bertz CT molecular complexity index is 621. The summed E-state index contributed by atoms with van der Waals surface area (Å²) in [5.74, 6) is -0.336. The molecule has 1 atom stereocenters. The smallest absolute Gasteiger partial charge is 0.343 e. The fourth-order valence-electron chi connectivity index (χ4n) is 2.81. The van der Waals surface area contributed by atoms with Gasteiger partial charge in [-0.1, -0.05) is 6.07 Å². The zero-order valence-electron chi connectivity index (χ0n) is 13.9. The summed E-state index contributed by atoms with van der Waals surface area (Å²) in [5, 5.41) is 8.86. The van der Waals surface area contributed by atoms with Gasteiger partial charge >= 0.3 is 5.97 Å². The van der Waals surface area contributed by atoms with Crippen LogP contribution in [0.2, 0.25) is 0 Å². The third-order valence-electron chi connectivity index (χ3n) is 4.29. The Morgan fingerprint density at radius 2 is 2.08 bits per heavy atom. The summed E-state index contributed by atoms with van der Waals surface area (Å²) in [6.45, 7) is -0.222. The van der Waals surface area contributed by atoms with E-state index in [0.29, 0.717) is 24.3 Å². The number of hydrogen-bond acceptors (Lipinski definition) is 4. The number of aliphatic carboxylic acids is 1. The second kappa shape index (κ2) is 7.51. The lowest BCUT2D eigenvalue weighted by molar-refractivity contribution is -0.150. The van der Waals surface area contributed by atoms with Crippen molar-refractivity contribution < 1.29 is 28.6 Å². The standard InChI is InChI=1S/C17H22FNO5/c1-23-13-7-6-12(14(10-13)24-2)4-3-5-15(20)19-9-8-17(18,11-19)16(21)22/h6-7,10H,3-5,8-9,11H2,1-2H3,(H,21,22). The maximum Gasteiger partial charge on any atom is 0.343 e. The largest absolute Gasteiger partial charge is 0.497 e. The summed E-state index contributed by atoms with van der Waals surface area (Å²) in [6, 6.07) is 5.49. The van der Waals surface area contributed by atoms with E-state index >= 15 is 0 Å². The molecule has 1 saturated heterocycles. The molecule has 0 saturated carbocycles. The Morgan fingerprint density at radius 1 is 1.33 bits per heavy atom. The van der Waals surface area contributed by atoms with Crippen LogP contribution in [0.4, 0.5) is 4.39 Å². The number of halogens is 1. The predicted molar refractivity (Wildman–Crippen MR) is 85.2 cm³/mol. The van der Waals surface area contributed by atoms with Gasteiger partial charge in [0.2, 0.25) is 11.6 Å². The monoisotopic (exact) mass is 339 g/mol. The highest BCUT2D eigenvalue weighted by Crippen LogP contribution is 2.28. The summed E-state index contributed by atoms with van der Waals surface area (Å²) < 4.78 is 24.4. The van der Waals surface area contributed by atoms with E-state index in [1.54, 1.807) is 20.3 Å². The molecule has 7 heteroatoms. The van der Waals surface area contributed by atoms with E-state index in [9.17, 15) is 14.0 Å². The first kappa shape index (κ1) is 18.0. The number of rotatable bonds is 7. The van der Waals surface area contributed by atoms with Crippen LogP contribution in [0.5, 0.6) is 11.5 Å². The molecule has 6 nitrogen and oxygen atoms in total. The minimum absolute atomic E-state index is 0.146. The number of carboxylic acids is 1. The Labute approximate surface area is 140 Å². The molecule has 132 valence electrons. The molecule has 1 amide bonds. The normalized spacial score (nSPS) is 20.0. The van der Waals surface area contributed by atoms with Gasteiger partial charge in [0, 0.05) is 25.5 Å². The first-order valence-corrected chi connectivity index (χ1v) is 7.80. The summed E-state index contributed by atoms with van der Waals surface area (Å²) in [6.07, 6.45) is 1.29. The molecule has 1 aromatic rings. The first-order valence-electron chi connectivity index (χ1n) is 7.80. The van der Waals surface area contributed by atoms with Gasteiger partial charge in [0.25, 0.3) is 0 Å². The van der Waals surface area contributed by atoms with Gasteiger partial charge in [-0.2, -0.15) is 0 Å². The maximum absolute atomic E-state index is 14.0. The van der Waals surface area contributed by atoms with Gasteiger partial charge < -0.3 is 19.5 Å². The highest BCUT2D eigenvalue weighted by Gasteiger charge is 2.46. The van der Waals surface area contributed by atoms with E-state index in [-0.39, 0.29) is 31.8 Å². The third-order valence-corrected chi connectivity index (χ3v) is 4.29. The van der Waals surface area contributed by atoms with Crippen molar-refractivity contribution in [2.24, 2.45) is 0 Å². The number of alkyl halides is 1. The number of nitrogens with zero attached hydrogens (tertiary/aromatic N) is 1. The zero-order chi connectivity index (χ0) is 17.7. The van der Waals surface area contributed by atoms with Crippen molar-refractivity contribution in [1.82, 2.24) is 4.90 Å². The second-order valence-electron chi connectivity index (χ2n) is 5.87. The van der Waals surface area contributed by atoms with Crippen molar-refractivity contribution in [3.8, 4) is 11.5 Å². The number of aryl methyl sites for hydroxylation is 1. The molecule has 0 aliphatic carbocycles. The molecule has 0 aromatic heterocycles. The number of likely N-dealkylation sites (tertiary alicyclic amines) is 1. The van der Waals surface area contributed by atoms with E-state index in [0.717, 1.165) is 5.56 Å². The molecule has 1 aromatic carbocycles. The van der Waals surface area contributed by atoms with Crippen LogP contribution in [0, 0.1) is 0 Å². The summed E-state index contributed by atoms with van der Waals surface area (Å²) in [7, 11) is 3.14. The van der Waals surface area contributed by atoms with Crippen molar-refractivity contribution in [3.63, 3.8) is 0 Å². The second-order valence-corrected chi connectivity index (χ2v) is 5.87. The molecule has 24 heavy (non-hydrogen) atoms. The average molecular weight is 339 g/mol. The SMILES string of the molecule is COc1ccc(CCCC(=O)N2CCC(F)(C(=O)O)C2)c(OC)c1. The number of carbonyl (C=O) groups excluding carboxylic acids is 1. The van der Waals surface area contributed by atoms with E-state index in [4.69, 9.17) is 14.6 Å². The van der Waals surface area contributed by atoms with E-state index in [2.05, 4.69) is 0 Å². The Balaban J connectivity index is 1.86. The van der Waals surface area contributed by atoms with Crippen molar-refractivity contribution in [2.75, 3.05) is 27.3 Å². The number of hydrogen-bond donors (Lipinski definition) is 1. The van der Waals surface area contributed by atoms with Gasteiger partial charge in [-0.15, -0.1) is 0 Å². The lowest BCUT2D eigenvalue weighted by atomic mass is 10.1. The average Bonchev–Trinajstić information content (AvgIpc) is 2.99. The van der Waals surface area contributed by atoms with Crippen LogP contribution >= 0.6 is 0 Å². The van der Waals surface area contributed by atoms with Gasteiger partial charge in [-0.05, 0) is 24.5 Å². The molecule has 1 unspecified atom stereocenters. The topological polar surface area (TPSA) is 76.1 Å². The number of amides is 1. The molecule has 0 bridgehead atoms. The van der Waals surface area contributed by atoms with Crippen LogP contribution in [0.15, 0.2) is 18.2 Å². The van der Waals surface area contributed by atoms with Crippen LogP contribution in [0.3, 0.4) is 0 Å². The van der Waals surface area contributed by atoms with Gasteiger partial charge in [0.15, 0.2) is 0 Å². The summed E-state index contributed by atoms with van der Waals surface area (Å²) in [4.78, 5) is 24.3.